The zero-order chi connectivity index (χ0) is 19.7. The van der Waals surface area contributed by atoms with Crippen molar-refractivity contribution >= 4 is 17.3 Å². The minimum Gasteiger partial charge on any atom is -0.493 e. The second-order valence-corrected chi connectivity index (χ2v) is 7.69. The zero-order valence-electron chi connectivity index (χ0n) is 16.2. The smallest absolute Gasteiger partial charge is 0.201 e. The first-order valence-corrected chi connectivity index (χ1v) is 9.21. The molecule has 0 unspecified atom stereocenters. The summed E-state index contributed by atoms with van der Waals surface area (Å²) in [6.07, 6.45) is 0. The van der Waals surface area contributed by atoms with Crippen LogP contribution in [0.15, 0.2) is 30.3 Å². The Morgan fingerprint density at radius 1 is 0.815 bits per heavy atom. The van der Waals surface area contributed by atoms with Crippen molar-refractivity contribution in [3.8, 4) is 11.5 Å². The third-order valence-corrected chi connectivity index (χ3v) is 4.24. The van der Waals surface area contributed by atoms with Crippen molar-refractivity contribution < 1.29 is 19.1 Å². The first-order valence-electron chi connectivity index (χ1n) is 9.21. The average molecular weight is 367 g/mol. The Balaban J connectivity index is 2.12. The number of ketones is 2. The van der Waals surface area contributed by atoms with E-state index in [1.807, 2.05) is 27.7 Å². The van der Waals surface area contributed by atoms with Crippen LogP contribution in [0.5, 0.6) is 11.5 Å². The van der Waals surface area contributed by atoms with Crippen LogP contribution in [0, 0.1) is 11.8 Å². The first kappa shape index (κ1) is 19.0. The molecule has 3 rings (SSSR count). The van der Waals surface area contributed by atoms with Crippen molar-refractivity contribution in [2.75, 3.05) is 18.9 Å². The van der Waals surface area contributed by atoms with Gasteiger partial charge in [-0.3, -0.25) is 9.59 Å². The molecule has 0 aliphatic heterocycles. The lowest BCUT2D eigenvalue weighted by Crippen LogP contribution is -2.24. The Hall–Kier alpha value is -2.82. The minimum atomic E-state index is -0.266. The predicted molar refractivity (Wildman–Crippen MR) is 105 cm³/mol. The Kier molecular flexibility index (Phi) is 5.22. The van der Waals surface area contributed by atoms with Gasteiger partial charge in [0.25, 0.3) is 0 Å². The van der Waals surface area contributed by atoms with Crippen molar-refractivity contribution in [3.05, 3.63) is 52.6 Å². The number of carbonyl (C=O) groups is 2. The van der Waals surface area contributed by atoms with Crippen LogP contribution in [-0.2, 0) is 0 Å². The van der Waals surface area contributed by atoms with Crippen LogP contribution in [0.1, 0.15) is 59.5 Å². The molecule has 0 fully saturated rings. The Labute approximate surface area is 159 Å². The number of benzene rings is 2. The van der Waals surface area contributed by atoms with Gasteiger partial charge in [0.1, 0.15) is 11.5 Å². The summed E-state index contributed by atoms with van der Waals surface area (Å²) in [4.78, 5) is 26.4. The maximum absolute atomic E-state index is 13.3. The zero-order valence-corrected chi connectivity index (χ0v) is 16.2. The monoisotopic (exact) mass is 367 g/mol. The van der Waals surface area contributed by atoms with Gasteiger partial charge in [0, 0.05) is 22.9 Å². The number of nitrogen functional groups attached to an aromatic ring is 1. The molecule has 0 radical (unpaired) electrons. The van der Waals surface area contributed by atoms with Crippen LogP contribution < -0.4 is 15.2 Å². The topological polar surface area (TPSA) is 78.6 Å². The maximum Gasteiger partial charge on any atom is 0.201 e. The van der Waals surface area contributed by atoms with Gasteiger partial charge in [0.05, 0.1) is 24.3 Å². The van der Waals surface area contributed by atoms with E-state index < -0.39 is 0 Å². The number of anilines is 1. The van der Waals surface area contributed by atoms with Crippen molar-refractivity contribution in [1.29, 1.82) is 0 Å². The second kappa shape index (κ2) is 7.43. The number of ether oxygens (including phenoxy) is 2. The van der Waals surface area contributed by atoms with E-state index in [1.165, 1.54) is 0 Å². The van der Waals surface area contributed by atoms with Crippen LogP contribution in [0.2, 0.25) is 0 Å². The van der Waals surface area contributed by atoms with Crippen LogP contribution in [0.3, 0.4) is 0 Å². The van der Waals surface area contributed by atoms with Gasteiger partial charge in [-0.25, -0.2) is 0 Å². The summed E-state index contributed by atoms with van der Waals surface area (Å²) >= 11 is 0. The lowest BCUT2D eigenvalue weighted by molar-refractivity contribution is 0.0971. The van der Waals surface area contributed by atoms with E-state index >= 15 is 0 Å². The van der Waals surface area contributed by atoms with Gasteiger partial charge in [-0.15, -0.1) is 0 Å². The molecular formula is C22H25NO4. The van der Waals surface area contributed by atoms with E-state index in [-0.39, 0.29) is 28.6 Å². The lowest BCUT2D eigenvalue weighted by atomic mass is 9.82. The van der Waals surface area contributed by atoms with Crippen LogP contribution in [-0.4, -0.2) is 24.8 Å². The van der Waals surface area contributed by atoms with Crippen LogP contribution in [0.4, 0.5) is 5.69 Å². The number of hydrogen-bond donors (Lipinski definition) is 1. The van der Waals surface area contributed by atoms with E-state index in [1.54, 1.807) is 30.3 Å². The third-order valence-electron chi connectivity index (χ3n) is 4.24. The molecule has 2 aromatic rings. The summed E-state index contributed by atoms with van der Waals surface area (Å²) < 4.78 is 11.6. The molecule has 0 saturated heterocycles. The number of rotatable bonds is 6. The molecule has 0 saturated carbocycles. The average Bonchev–Trinajstić information content (AvgIpc) is 2.61. The normalized spacial score (nSPS) is 13.0. The standard InChI is InChI=1S/C22H25NO4/c1-12(2)10-26-17-7-5-6-15-19(17)22(25)20-16(21(15)24)8-14(23)9-18(20)27-11-13(3)4/h5-9,12-13H,10-11,23H2,1-4H3. The number of carbonyl (C=O) groups excluding carboxylic acids is 2. The highest BCUT2D eigenvalue weighted by Gasteiger charge is 2.35. The molecule has 1 aliphatic carbocycles. The third kappa shape index (κ3) is 3.68. The van der Waals surface area contributed by atoms with Crippen LogP contribution >= 0.6 is 0 Å². The van der Waals surface area contributed by atoms with E-state index in [0.717, 1.165) is 0 Å². The fourth-order valence-corrected chi connectivity index (χ4v) is 3.02. The fraction of sp³-hybridized carbons (Fsp3) is 0.364. The molecule has 0 bridgehead atoms. The molecule has 5 nitrogen and oxygen atoms in total. The van der Waals surface area contributed by atoms with E-state index in [2.05, 4.69) is 0 Å². The minimum absolute atomic E-state index is 0.240. The molecule has 0 atom stereocenters. The molecule has 1 aliphatic rings. The molecule has 2 N–H and O–H groups in total. The molecule has 0 aromatic heterocycles. The maximum atomic E-state index is 13.3. The van der Waals surface area contributed by atoms with Crippen molar-refractivity contribution in [2.45, 2.75) is 27.7 Å². The van der Waals surface area contributed by atoms with Crippen LogP contribution in [0.25, 0.3) is 0 Å². The van der Waals surface area contributed by atoms with Gasteiger partial charge in [-0.1, -0.05) is 39.8 Å². The predicted octanol–water partition coefficient (Wildman–Crippen LogP) is 4.11. The van der Waals surface area contributed by atoms with Crippen molar-refractivity contribution in [2.24, 2.45) is 11.8 Å². The second-order valence-electron chi connectivity index (χ2n) is 7.69. The first-order chi connectivity index (χ1) is 12.8. The van der Waals surface area contributed by atoms with Gasteiger partial charge in [0.2, 0.25) is 5.78 Å². The van der Waals surface area contributed by atoms with Gasteiger partial charge >= 0.3 is 0 Å². The number of nitrogens with two attached hydrogens (primary N) is 1. The van der Waals surface area contributed by atoms with Crippen molar-refractivity contribution in [3.63, 3.8) is 0 Å². The quantitative estimate of drug-likeness (QED) is 0.663. The largest absolute Gasteiger partial charge is 0.493 e. The Morgan fingerprint density at radius 3 is 2.04 bits per heavy atom. The molecule has 142 valence electrons. The molecule has 0 spiro atoms. The molecule has 2 aromatic carbocycles. The highest BCUT2D eigenvalue weighted by Crippen LogP contribution is 2.38. The van der Waals surface area contributed by atoms with Gasteiger partial charge in [0.15, 0.2) is 5.78 Å². The summed E-state index contributed by atoms with van der Waals surface area (Å²) in [5.41, 5.74) is 7.55. The summed E-state index contributed by atoms with van der Waals surface area (Å²) in [7, 11) is 0. The molecule has 5 heteroatoms. The summed E-state index contributed by atoms with van der Waals surface area (Å²) in [5.74, 6) is 0.841. The number of fused-ring (bicyclic) bond motifs is 2. The lowest BCUT2D eigenvalue weighted by Gasteiger charge is -2.23. The molecule has 0 heterocycles. The molecular weight excluding hydrogens is 342 g/mol. The fourth-order valence-electron chi connectivity index (χ4n) is 3.02. The molecule has 0 amide bonds. The van der Waals surface area contributed by atoms with Gasteiger partial charge in [-0.05, 0) is 24.0 Å². The SMILES string of the molecule is CC(C)COc1cccc2c1C(=O)c1c(OCC(C)C)cc(N)cc1C2=O. The summed E-state index contributed by atoms with van der Waals surface area (Å²) in [6, 6.07) is 8.26. The van der Waals surface area contributed by atoms with Gasteiger partial charge < -0.3 is 15.2 Å². The van der Waals surface area contributed by atoms with E-state index in [9.17, 15) is 9.59 Å². The number of hydrogen-bond acceptors (Lipinski definition) is 5. The van der Waals surface area contributed by atoms with Crippen molar-refractivity contribution in [1.82, 2.24) is 0 Å². The Morgan fingerprint density at radius 2 is 1.41 bits per heavy atom. The van der Waals surface area contributed by atoms with E-state index in [4.69, 9.17) is 15.2 Å². The Bertz CT molecular complexity index is 899. The summed E-state index contributed by atoms with van der Waals surface area (Å²) in [6.45, 7) is 8.97. The van der Waals surface area contributed by atoms with E-state index in [0.29, 0.717) is 47.4 Å². The molecule has 27 heavy (non-hydrogen) atoms. The highest BCUT2D eigenvalue weighted by atomic mass is 16.5. The highest BCUT2D eigenvalue weighted by molar-refractivity contribution is 6.30. The summed E-state index contributed by atoms with van der Waals surface area (Å²) in [5, 5.41) is 0. The van der Waals surface area contributed by atoms with Gasteiger partial charge in [-0.2, -0.15) is 0 Å².